The lowest BCUT2D eigenvalue weighted by Crippen LogP contribution is -1.93. The van der Waals surface area contributed by atoms with Gasteiger partial charge in [0.15, 0.2) is 0 Å². The highest BCUT2D eigenvalue weighted by Crippen LogP contribution is 2.13. The van der Waals surface area contributed by atoms with E-state index in [1.807, 2.05) is 85.5 Å². The van der Waals surface area contributed by atoms with Crippen molar-refractivity contribution in [3.63, 3.8) is 0 Å². The Morgan fingerprint density at radius 3 is 1.00 bits per heavy atom. The average Bonchev–Trinajstić information content (AvgIpc) is 3.21. The van der Waals surface area contributed by atoms with Gasteiger partial charge in [-0.1, -0.05) is 133 Å². The van der Waals surface area contributed by atoms with E-state index in [0.29, 0.717) is 35.5 Å². The Balaban J connectivity index is 0.000000634. The normalized spacial score (nSPS) is 9.93. The third kappa shape index (κ3) is 24.0. The van der Waals surface area contributed by atoms with Gasteiger partial charge in [-0.05, 0) is 83.2 Å². The molecule has 6 aromatic rings. The molecule has 0 spiro atoms. The summed E-state index contributed by atoms with van der Waals surface area (Å²) in [6.45, 7) is 25.7. The molecule has 0 aliphatic rings. The first kappa shape index (κ1) is 49.8. The van der Waals surface area contributed by atoms with Crippen LogP contribution in [0.4, 0.5) is 0 Å². The molecule has 0 fully saturated rings. The first-order valence-corrected chi connectivity index (χ1v) is 19.1. The maximum Gasteiger partial charge on any atom is 0.130 e. The van der Waals surface area contributed by atoms with Gasteiger partial charge in [-0.3, -0.25) is 24.9 Å². The van der Waals surface area contributed by atoms with Crippen LogP contribution in [0.5, 0.6) is 0 Å². The molecule has 5 aromatic heterocycles. The Morgan fingerprint density at radius 2 is 0.727 bits per heavy atom. The fourth-order valence-electron chi connectivity index (χ4n) is 4.24. The molecule has 296 valence electrons. The zero-order valence-electron chi connectivity index (χ0n) is 34.9. The van der Waals surface area contributed by atoms with E-state index in [4.69, 9.17) is 0 Å². The van der Waals surface area contributed by atoms with Crippen molar-refractivity contribution < 1.29 is 0 Å². The second kappa shape index (κ2) is 30.2. The lowest BCUT2D eigenvalue weighted by molar-refractivity contribution is 0.774. The van der Waals surface area contributed by atoms with Gasteiger partial charge < -0.3 is 0 Å². The average molecular weight is 744 g/mol. The van der Waals surface area contributed by atoms with Gasteiger partial charge >= 0.3 is 0 Å². The van der Waals surface area contributed by atoms with Gasteiger partial charge in [0.1, 0.15) is 5.82 Å². The molecule has 55 heavy (non-hydrogen) atoms. The van der Waals surface area contributed by atoms with E-state index in [0.717, 1.165) is 22.9 Å². The van der Waals surface area contributed by atoms with Crippen LogP contribution < -0.4 is 0 Å². The molecule has 0 unspecified atom stereocenters. The SMILES string of the molecule is C.CC(C)c1ccccc1.CC(C)c1ccccn1.CC(C)c1ccccn1.CC(C)c1ccncc1.CC(C)c1cnccn1.CC(C)c1ncccn1. The van der Waals surface area contributed by atoms with E-state index >= 15 is 0 Å². The number of benzene rings is 1. The molecule has 7 nitrogen and oxygen atoms in total. The van der Waals surface area contributed by atoms with Crippen molar-refractivity contribution in [1.82, 2.24) is 34.9 Å². The zero-order chi connectivity index (χ0) is 40.1. The Hall–Kier alpha value is -5.17. The van der Waals surface area contributed by atoms with Crippen LogP contribution in [0.2, 0.25) is 0 Å². The molecular formula is C48H69N7. The number of aromatic nitrogens is 7. The molecule has 0 aliphatic heterocycles. The summed E-state index contributed by atoms with van der Waals surface area (Å²) in [6.07, 6.45) is 16.0. The monoisotopic (exact) mass is 744 g/mol. The number of pyridine rings is 3. The molecule has 0 atom stereocenters. The van der Waals surface area contributed by atoms with Gasteiger partial charge in [0, 0.05) is 73.1 Å². The molecule has 7 heteroatoms. The van der Waals surface area contributed by atoms with E-state index < -0.39 is 0 Å². The van der Waals surface area contributed by atoms with Gasteiger partial charge in [0.05, 0.1) is 5.69 Å². The van der Waals surface area contributed by atoms with Crippen molar-refractivity contribution in [1.29, 1.82) is 0 Å². The molecule has 0 N–H and O–H groups in total. The number of nitrogens with zero attached hydrogens (tertiary/aromatic N) is 7. The quantitative estimate of drug-likeness (QED) is 0.168. The lowest BCUT2D eigenvalue weighted by atomic mass is 10.0. The van der Waals surface area contributed by atoms with Crippen molar-refractivity contribution in [2.45, 2.75) is 126 Å². The van der Waals surface area contributed by atoms with Gasteiger partial charge in [-0.25, -0.2) is 9.97 Å². The summed E-state index contributed by atoms with van der Waals surface area (Å²) in [5.41, 5.74) is 6.15. The third-order valence-corrected chi connectivity index (χ3v) is 7.67. The third-order valence-electron chi connectivity index (χ3n) is 7.67. The van der Waals surface area contributed by atoms with Crippen LogP contribution in [0.3, 0.4) is 0 Å². The summed E-state index contributed by atoms with van der Waals surface area (Å²) in [4.78, 5) is 28.5. The van der Waals surface area contributed by atoms with Crippen molar-refractivity contribution in [2.75, 3.05) is 0 Å². The topological polar surface area (TPSA) is 90.2 Å². The summed E-state index contributed by atoms with van der Waals surface area (Å²) in [7, 11) is 0. The molecule has 6 rings (SSSR count). The Labute approximate surface area is 334 Å². The van der Waals surface area contributed by atoms with E-state index in [1.54, 1.807) is 31.0 Å². The minimum Gasteiger partial charge on any atom is -0.265 e. The molecule has 0 amide bonds. The van der Waals surface area contributed by atoms with E-state index in [9.17, 15) is 0 Å². The van der Waals surface area contributed by atoms with Gasteiger partial charge in [0.2, 0.25) is 0 Å². The highest BCUT2D eigenvalue weighted by Gasteiger charge is 1.99. The van der Waals surface area contributed by atoms with Crippen LogP contribution >= 0.6 is 0 Å². The predicted octanol–water partition coefficient (Wildman–Crippen LogP) is 13.3. The predicted molar refractivity (Wildman–Crippen MR) is 234 cm³/mol. The first-order valence-electron chi connectivity index (χ1n) is 19.1. The highest BCUT2D eigenvalue weighted by atomic mass is 14.9. The fourth-order valence-corrected chi connectivity index (χ4v) is 4.24. The van der Waals surface area contributed by atoms with Crippen molar-refractivity contribution in [3.05, 3.63) is 175 Å². The molecule has 0 aliphatic carbocycles. The van der Waals surface area contributed by atoms with E-state index in [2.05, 4.69) is 142 Å². The minimum atomic E-state index is 0. The Bertz CT molecular complexity index is 1340. The van der Waals surface area contributed by atoms with Crippen LogP contribution in [-0.2, 0) is 0 Å². The maximum atomic E-state index is 4.18. The van der Waals surface area contributed by atoms with Gasteiger partial charge in [-0.15, -0.1) is 0 Å². The number of rotatable bonds is 6. The summed E-state index contributed by atoms with van der Waals surface area (Å²) in [5.74, 6) is 4.21. The van der Waals surface area contributed by atoms with Crippen molar-refractivity contribution >= 4 is 0 Å². The lowest BCUT2D eigenvalue weighted by Gasteiger charge is -2.01. The molecule has 1 aromatic carbocycles. The van der Waals surface area contributed by atoms with Crippen LogP contribution in [0.1, 0.15) is 160 Å². The maximum absolute atomic E-state index is 4.18. The molecular weight excluding hydrogens is 675 g/mol. The number of hydrogen-bond donors (Lipinski definition) is 0. The molecule has 0 bridgehead atoms. The second-order valence-corrected chi connectivity index (χ2v) is 14.4. The van der Waals surface area contributed by atoms with Gasteiger partial charge in [0.25, 0.3) is 0 Å². The van der Waals surface area contributed by atoms with Crippen LogP contribution in [0, 0.1) is 0 Å². The summed E-state index contributed by atoms with van der Waals surface area (Å²) in [6, 6.07) is 28.4. The molecule has 0 saturated carbocycles. The van der Waals surface area contributed by atoms with E-state index in [-0.39, 0.29) is 7.43 Å². The van der Waals surface area contributed by atoms with Crippen LogP contribution in [-0.4, -0.2) is 34.9 Å². The fraction of sp³-hybridized carbons (Fsp3) is 0.396. The van der Waals surface area contributed by atoms with Crippen LogP contribution in [0.25, 0.3) is 0 Å². The standard InChI is InChI=1S/C9H12.3C8H11N.2C7H10N2.CH4/c1-8(2)9-6-4-3-5-7-9;1-7(2)8-3-5-9-6-4-8;2*1-7(2)8-5-3-4-6-9-8;1-6(2)7-5-8-3-4-9-7;1-6(2)7-8-4-3-5-9-7;/h3-8H,1-2H3;3*3-7H,1-2H3;2*3-6H,1-2H3;1H4. The summed E-state index contributed by atoms with van der Waals surface area (Å²) >= 11 is 0. The smallest absolute Gasteiger partial charge is 0.130 e. The van der Waals surface area contributed by atoms with E-state index in [1.165, 1.54) is 11.1 Å². The summed E-state index contributed by atoms with van der Waals surface area (Å²) in [5, 5.41) is 0. The summed E-state index contributed by atoms with van der Waals surface area (Å²) < 4.78 is 0. The molecule has 0 saturated heterocycles. The second-order valence-electron chi connectivity index (χ2n) is 14.4. The molecule has 5 heterocycles. The number of hydrogen-bond acceptors (Lipinski definition) is 7. The largest absolute Gasteiger partial charge is 0.265 e. The zero-order valence-corrected chi connectivity index (χ0v) is 34.9. The Kier molecular flexibility index (Phi) is 27.4. The van der Waals surface area contributed by atoms with Gasteiger partial charge in [-0.2, -0.15) is 0 Å². The van der Waals surface area contributed by atoms with Crippen molar-refractivity contribution in [2.24, 2.45) is 0 Å². The minimum absolute atomic E-state index is 0. The van der Waals surface area contributed by atoms with Crippen molar-refractivity contribution in [3.8, 4) is 0 Å². The van der Waals surface area contributed by atoms with Crippen LogP contribution in [0.15, 0.2) is 141 Å². The first-order chi connectivity index (χ1) is 25.8. The highest BCUT2D eigenvalue weighted by molar-refractivity contribution is 5.17. The Morgan fingerprint density at radius 1 is 0.309 bits per heavy atom. The molecule has 0 radical (unpaired) electrons.